The van der Waals surface area contributed by atoms with Gasteiger partial charge in [-0.2, -0.15) is 0 Å². The van der Waals surface area contributed by atoms with Gasteiger partial charge in [0.2, 0.25) is 0 Å². The molecule has 2 saturated carbocycles. The Morgan fingerprint density at radius 2 is 0.967 bits per heavy atom. The molecule has 32 atom stereocenters. The van der Waals surface area contributed by atoms with Gasteiger partial charge in [0.15, 0.2) is 44.7 Å². The molecule has 0 aromatic rings. The summed E-state index contributed by atoms with van der Waals surface area (Å²) in [6.07, 6.45) is 25.6. The van der Waals surface area contributed by atoms with Crippen LogP contribution in [0.25, 0.3) is 0 Å². The van der Waals surface area contributed by atoms with Crippen LogP contribution in [0.15, 0.2) is 119 Å². The molecule has 4 aliphatic carbocycles. The van der Waals surface area contributed by atoms with Crippen molar-refractivity contribution in [3.05, 3.63) is 119 Å². The Bertz CT molecular complexity index is 4010. The second-order valence-electron chi connectivity index (χ2n) is 39.4. The zero-order chi connectivity index (χ0) is 87.3. The Morgan fingerprint density at radius 1 is 0.554 bits per heavy atom. The van der Waals surface area contributed by atoms with Crippen LogP contribution in [0.1, 0.15) is 208 Å². The van der Waals surface area contributed by atoms with Crippen molar-refractivity contribution in [3.63, 3.8) is 0 Å². The number of fused-ring (bicyclic) bond motifs is 4. The van der Waals surface area contributed by atoms with Crippen molar-refractivity contribution in [3.8, 4) is 0 Å². The SMILES string of the molecule is CC[C@H](C)[C@H]1OC2(C=C[C@@H]1C)C[C@@H]1C[C@@H](C/C=C(\C)[C@@H](OC3CC(OC)C(OC(=O)C4CC4)C(C)O3)[C@@H](C)/C=C/C=C3\CO[C@@H]4[C@H](O)C(C)=CC(C(=O)O1)[C@]34O)O2.CC[C@H](C)[C@H]1OC2(C=C[C@@H]1C)C[C@@H]1C[C@@H](C/C=C(\C)[C@@H](OC3CC(OC)C(OC(=O)C4CC4)C(C)O3)[C@@H](C)/C=C/C=C3\CO[C@@H]4[C@H](O[Si](C)(C)C(C)(C)C)C(C)=CC(C(=O)O1)[C@]34O)O2. The fourth-order valence-electron chi connectivity index (χ4n) is 19.8. The van der Waals surface area contributed by atoms with Crippen molar-refractivity contribution >= 4 is 32.2 Å². The van der Waals surface area contributed by atoms with E-state index in [-0.39, 0.29) is 102 Å². The van der Waals surface area contributed by atoms with E-state index in [1.165, 1.54) is 0 Å². The van der Waals surface area contributed by atoms with Crippen LogP contribution in [0, 0.1) is 59.2 Å². The van der Waals surface area contributed by atoms with Crippen molar-refractivity contribution < 1.29 is 115 Å². The first-order chi connectivity index (χ1) is 57.2. The van der Waals surface area contributed by atoms with Gasteiger partial charge in [0, 0.05) is 76.4 Å². The monoisotopic (exact) mass is 1710 g/mol. The molecule has 6 saturated heterocycles. The molecule has 121 heavy (non-hydrogen) atoms. The van der Waals surface area contributed by atoms with Gasteiger partial charge in [-0.05, 0) is 156 Å². The maximum atomic E-state index is 14.8. The first-order valence-electron chi connectivity index (χ1n) is 45.3. The van der Waals surface area contributed by atoms with Gasteiger partial charge in [-0.1, -0.05) is 162 Å². The number of carbonyl (C=O) groups excluding carboxylic acids is 4. The fourth-order valence-corrected chi connectivity index (χ4v) is 21.1. The molecule has 3 N–H and O–H groups in total. The Morgan fingerprint density at radius 3 is 1.37 bits per heavy atom. The molecule has 24 nitrogen and oxygen atoms in total. The van der Waals surface area contributed by atoms with E-state index in [0.29, 0.717) is 68.1 Å². The summed E-state index contributed by atoms with van der Waals surface area (Å²) >= 11 is 0. The molecule has 8 fully saturated rings. The highest BCUT2D eigenvalue weighted by atomic mass is 28.4. The third kappa shape index (κ3) is 20.2. The molecule has 10 aliphatic heterocycles. The van der Waals surface area contributed by atoms with E-state index in [2.05, 4.69) is 127 Å². The number of aliphatic hydroxyl groups excluding tert-OH is 1. The van der Waals surface area contributed by atoms with E-state index >= 15 is 0 Å². The standard InChI is InChI=1S/C51H78O12Si.C45H64O12/c1-14-29(2)43-32(5)22-23-50(62-43)27-38-25-37(61-50)21-18-31(4)42(59-41-26-40(55-11)45(34(7)57-41)60-47(52)35-19-20-35)30(3)16-15-17-36-28-56-46-44(63-64(12,13)49(8,9)10)33(6)24-39(48(53)58-38)51(36,46)54;1-9-24(2)39-27(5)17-18-44(57-39)22-33-20-32(56-44)16-13-26(4)38(54-36-21-35(50-8)40(29(7)52-36)55-42(47)30-14-15-30)25(3)11-10-12-31-23-51-41-37(46)28(6)19-34(43(48)53-33)45(31,41)49/h15-18,22-24,29-30,32,34-35,37-46,54H,14,19-21,25-28H2,1-13H3;10-13,17-19,24-25,27,29-30,32-41,46,49H,9,14-16,20-23H2,1-8H3/b16-15+,31-18+,36-17+;11-10+,26-13+,31-12+/t29-,30-,32-,34?,37+,38-,39?,40?,41?,42-,43+,44+,45?,46+,50?,51+;24-,25-,27-,29?,32+,33-,34?,35?,36?,37+,38-,39+,40?,41+,44?,45+/m00/s1. The third-order valence-electron chi connectivity index (χ3n) is 29.0. The average molecular weight is 1710 g/mol. The number of carbonyl (C=O) groups is 4. The summed E-state index contributed by atoms with van der Waals surface area (Å²) in [6.45, 7) is 39.9. The molecule has 0 aromatic heterocycles. The minimum Gasteiger partial charge on any atom is -0.462 e. The highest BCUT2D eigenvalue weighted by Gasteiger charge is 2.64. The lowest BCUT2D eigenvalue weighted by molar-refractivity contribution is -0.301. The van der Waals surface area contributed by atoms with Crippen LogP contribution < -0.4 is 0 Å². The minimum absolute atomic E-state index is 0.0348. The Labute approximate surface area is 719 Å². The van der Waals surface area contributed by atoms with E-state index in [0.717, 1.165) is 55.2 Å². The number of hydrogen-bond acceptors (Lipinski definition) is 24. The van der Waals surface area contributed by atoms with Crippen molar-refractivity contribution in [2.24, 2.45) is 59.2 Å². The van der Waals surface area contributed by atoms with Gasteiger partial charge in [0.1, 0.15) is 65.8 Å². The maximum Gasteiger partial charge on any atom is 0.316 e. The van der Waals surface area contributed by atoms with Crippen molar-refractivity contribution in [1.29, 1.82) is 0 Å². The van der Waals surface area contributed by atoms with Crippen LogP contribution in [-0.2, 0) is 99.4 Å². The highest BCUT2D eigenvalue weighted by molar-refractivity contribution is 6.74. The van der Waals surface area contributed by atoms with Gasteiger partial charge >= 0.3 is 23.9 Å². The van der Waals surface area contributed by atoms with Crippen LogP contribution in [0.5, 0.6) is 0 Å². The Kier molecular flexibility index (Phi) is 29.4. The van der Waals surface area contributed by atoms with Gasteiger partial charge < -0.3 is 95.5 Å². The van der Waals surface area contributed by atoms with Crippen LogP contribution >= 0.6 is 0 Å². The number of allylic oxidation sites excluding steroid dienone is 4. The molecule has 2 spiro atoms. The van der Waals surface area contributed by atoms with Gasteiger partial charge in [0.25, 0.3) is 0 Å². The summed E-state index contributed by atoms with van der Waals surface area (Å²) in [5, 5.41) is 36.7. The number of rotatable bonds is 16. The molecule has 0 amide bonds. The summed E-state index contributed by atoms with van der Waals surface area (Å²) in [5.74, 6) is -5.34. The second-order valence-corrected chi connectivity index (χ2v) is 44.1. The zero-order valence-electron chi connectivity index (χ0n) is 75.6. The van der Waals surface area contributed by atoms with E-state index in [9.17, 15) is 34.5 Å². The number of methoxy groups -OCH3 is 2. The zero-order valence-corrected chi connectivity index (χ0v) is 76.6. The van der Waals surface area contributed by atoms with Crippen molar-refractivity contribution in [1.82, 2.24) is 0 Å². The van der Waals surface area contributed by atoms with E-state index in [4.69, 9.17) is 80.2 Å². The molecule has 674 valence electrons. The Balaban J connectivity index is 0.000000210. The smallest absolute Gasteiger partial charge is 0.316 e. The number of hydrogen-bond donors (Lipinski definition) is 3. The first kappa shape index (κ1) is 93.5. The van der Waals surface area contributed by atoms with E-state index in [1.54, 1.807) is 33.3 Å². The molecule has 14 aliphatic rings. The molecule has 0 radical (unpaired) electrons. The third-order valence-corrected chi connectivity index (χ3v) is 33.5. The molecule has 14 rings (SSSR count). The maximum absolute atomic E-state index is 14.8. The lowest BCUT2D eigenvalue weighted by atomic mass is 9.71. The normalized spacial score (nSPS) is 45.0. The van der Waals surface area contributed by atoms with Gasteiger partial charge in [-0.3, -0.25) is 19.2 Å². The first-order valence-corrected chi connectivity index (χ1v) is 48.2. The van der Waals surface area contributed by atoms with Crippen LogP contribution in [0.3, 0.4) is 0 Å². The summed E-state index contributed by atoms with van der Waals surface area (Å²) < 4.78 is 110. The van der Waals surface area contributed by atoms with Crippen LogP contribution in [-0.4, -0.2) is 220 Å². The van der Waals surface area contributed by atoms with E-state index in [1.807, 2.05) is 70.2 Å². The second kappa shape index (κ2) is 38.0. The molecule has 25 heteroatoms. The number of esters is 4. The van der Waals surface area contributed by atoms with Crippen LogP contribution in [0.2, 0.25) is 18.1 Å². The summed E-state index contributed by atoms with van der Waals surface area (Å²) in [6, 6.07) is 0. The van der Waals surface area contributed by atoms with Crippen molar-refractivity contribution in [2.45, 2.75) is 371 Å². The van der Waals surface area contributed by atoms with Gasteiger partial charge in [0.05, 0.1) is 80.0 Å². The topological polar surface area (TPSA) is 286 Å². The minimum atomic E-state index is -2.36. The molecule has 4 bridgehead atoms. The average Bonchev–Trinajstić information content (AvgIpc) is 1.52. The van der Waals surface area contributed by atoms with E-state index < -0.39 is 153 Å². The predicted octanol–water partition coefficient (Wildman–Crippen LogP) is 14.6. The largest absolute Gasteiger partial charge is 0.462 e. The van der Waals surface area contributed by atoms with Crippen LogP contribution in [0.4, 0.5) is 0 Å². The number of aliphatic hydroxyl groups is 3. The predicted molar refractivity (Wildman–Crippen MR) is 455 cm³/mol. The lowest BCUT2D eigenvalue weighted by Gasteiger charge is -2.49. The molecular weight excluding hydrogens is 1570 g/mol. The molecule has 12 unspecified atom stereocenters. The van der Waals surface area contributed by atoms with Gasteiger partial charge in [-0.15, -0.1) is 0 Å². The lowest BCUT2D eigenvalue weighted by Crippen LogP contribution is -2.60. The highest BCUT2D eigenvalue weighted by Crippen LogP contribution is 2.53. The molecule has 0 aromatic carbocycles. The fraction of sp³-hybridized carbons (Fsp3) is 0.750. The molecular formula is C96H142O24Si. The number of ether oxygens (including phenoxy) is 16. The van der Waals surface area contributed by atoms with Crippen molar-refractivity contribution in [2.75, 3.05) is 27.4 Å². The summed E-state index contributed by atoms with van der Waals surface area (Å²) in [5.41, 5.74) is 0.817. The molecule has 10 heterocycles. The quantitative estimate of drug-likeness (QED) is 0.0560. The summed E-state index contributed by atoms with van der Waals surface area (Å²) in [7, 11) is 0.887. The van der Waals surface area contributed by atoms with Gasteiger partial charge in [-0.25, -0.2) is 0 Å². The Hall–Kier alpha value is -5.14. The summed E-state index contributed by atoms with van der Waals surface area (Å²) in [4.78, 5) is 54.4.